The molecule has 2 aromatic carbocycles. The Labute approximate surface area is 166 Å². The van der Waals surface area contributed by atoms with E-state index in [1.165, 1.54) is 21.9 Å². The van der Waals surface area contributed by atoms with E-state index in [2.05, 4.69) is 21.7 Å². The molecule has 0 spiro atoms. The van der Waals surface area contributed by atoms with Crippen molar-refractivity contribution in [2.45, 2.75) is 19.3 Å². The molecule has 0 radical (unpaired) electrons. The molecule has 8 heteroatoms. The number of carbonyl (C=O) groups excluding carboxylic acids is 1. The van der Waals surface area contributed by atoms with E-state index in [0.29, 0.717) is 17.2 Å². The number of aromatic nitrogens is 2. The molecule has 2 aliphatic rings. The van der Waals surface area contributed by atoms with Gasteiger partial charge in [0.15, 0.2) is 11.5 Å². The fourth-order valence-electron chi connectivity index (χ4n) is 3.65. The van der Waals surface area contributed by atoms with Crippen LogP contribution in [0.2, 0.25) is 0 Å². The highest BCUT2D eigenvalue weighted by Crippen LogP contribution is 2.34. The van der Waals surface area contributed by atoms with Crippen molar-refractivity contribution in [1.82, 2.24) is 9.55 Å². The average molecular weight is 390 g/mol. The Morgan fingerprint density at radius 3 is 2.79 bits per heavy atom. The van der Waals surface area contributed by atoms with E-state index >= 15 is 0 Å². The van der Waals surface area contributed by atoms with Gasteiger partial charge in [-0.1, -0.05) is 6.07 Å². The summed E-state index contributed by atoms with van der Waals surface area (Å²) in [4.78, 5) is 29.2. The van der Waals surface area contributed by atoms with Gasteiger partial charge in [0.2, 0.25) is 12.6 Å². The Morgan fingerprint density at radius 2 is 1.86 bits per heavy atom. The van der Waals surface area contributed by atoms with Crippen molar-refractivity contribution in [3.63, 3.8) is 0 Å². The first kappa shape index (κ1) is 17.3. The number of ether oxygens (including phenoxy) is 2. The van der Waals surface area contributed by atoms with Gasteiger partial charge in [0.1, 0.15) is 0 Å². The molecule has 146 valence electrons. The van der Waals surface area contributed by atoms with Crippen LogP contribution in [0.1, 0.15) is 17.5 Å². The Balaban J connectivity index is 1.36. The van der Waals surface area contributed by atoms with Gasteiger partial charge in [0, 0.05) is 29.8 Å². The Bertz CT molecular complexity index is 1170. The first-order valence-electron chi connectivity index (χ1n) is 9.35. The van der Waals surface area contributed by atoms with Crippen LogP contribution in [-0.4, -0.2) is 22.4 Å². The molecule has 3 aromatic rings. The molecule has 0 saturated heterocycles. The molecule has 0 atom stereocenters. The lowest BCUT2D eigenvalue weighted by Crippen LogP contribution is -2.28. The van der Waals surface area contributed by atoms with Gasteiger partial charge >= 0.3 is 6.03 Å². The van der Waals surface area contributed by atoms with Crippen LogP contribution in [-0.2, 0) is 12.8 Å². The van der Waals surface area contributed by atoms with Gasteiger partial charge in [0.25, 0.3) is 5.56 Å². The van der Waals surface area contributed by atoms with Crippen molar-refractivity contribution < 1.29 is 14.3 Å². The van der Waals surface area contributed by atoms with Crippen molar-refractivity contribution in [3.8, 4) is 17.2 Å². The number of nitrogens with one attached hydrogen (secondary N) is 2. The van der Waals surface area contributed by atoms with Gasteiger partial charge in [-0.25, -0.2) is 9.78 Å². The van der Waals surface area contributed by atoms with Crippen molar-refractivity contribution in [2.24, 2.45) is 0 Å². The molecule has 1 aliphatic carbocycles. The van der Waals surface area contributed by atoms with Gasteiger partial charge in [-0.05, 0) is 54.7 Å². The van der Waals surface area contributed by atoms with Crippen molar-refractivity contribution in [2.75, 3.05) is 17.4 Å². The molecule has 0 unspecified atom stereocenters. The number of hydrogen-bond acceptors (Lipinski definition) is 5. The molecule has 2 N–H and O–H groups in total. The van der Waals surface area contributed by atoms with Crippen LogP contribution in [0.15, 0.2) is 53.6 Å². The van der Waals surface area contributed by atoms with Crippen molar-refractivity contribution in [3.05, 3.63) is 70.3 Å². The van der Waals surface area contributed by atoms with Crippen LogP contribution in [0, 0.1) is 0 Å². The molecule has 1 aromatic heterocycles. The summed E-state index contributed by atoms with van der Waals surface area (Å²) in [7, 11) is 0. The fourth-order valence-corrected chi connectivity index (χ4v) is 3.65. The summed E-state index contributed by atoms with van der Waals surface area (Å²) in [5.41, 5.74) is 3.48. The maximum Gasteiger partial charge on any atom is 0.325 e. The summed E-state index contributed by atoms with van der Waals surface area (Å²) in [6.45, 7) is 0.154. The maximum absolute atomic E-state index is 12.8. The highest BCUT2D eigenvalue weighted by Gasteiger charge is 2.16. The van der Waals surface area contributed by atoms with Gasteiger partial charge in [-0.15, -0.1) is 0 Å². The van der Waals surface area contributed by atoms with Crippen molar-refractivity contribution >= 4 is 17.5 Å². The normalized spacial score (nSPS) is 13.8. The first-order chi connectivity index (χ1) is 14.2. The van der Waals surface area contributed by atoms with Crippen LogP contribution < -0.4 is 25.7 Å². The number of urea groups is 1. The van der Waals surface area contributed by atoms with Crippen molar-refractivity contribution in [1.29, 1.82) is 0 Å². The maximum atomic E-state index is 12.8. The third-order valence-corrected chi connectivity index (χ3v) is 5.06. The van der Waals surface area contributed by atoms with E-state index in [-0.39, 0.29) is 12.6 Å². The zero-order valence-corrected chi connectivity index (χ0v) is 15.5. The van der Waals surface area contributed by atoms with Crippen LogP contribution >= 0.6 is 0 Å². The highest BCUT2D eigenvalue weighted by atomic mass is 16.7. The van der Waals surface area contributed by atoms with Crippen LogP contribution in [0.3, 0.4) is 0 Å². The number of carbonyl (C=O) groups is 1. The minimum atomic E-state index is -0.569. The molecule has 29 heavy (non-hydrogen) atoms. The molecule has 8 nitrogen and oxygen atoms in total. The van der Waals surface area contributed by atoms with E-state index in [0.717, 1.165) is 24.9 Å². The number of benzene rings is 2. The molecule has 0 fully saturated rings. The second-order valence-electron chi connectivity index (χ2n) is 6.90. The van der Waals surface area contributed by atoms with Gasteiger partial charge < -0.3 is 14.8 Å². The second-order valence-corrected chi connectivity index (χ2v) is 6.90. The largest absolute Gasteiger partial charge is 0.454 e. The molecule has 0 bridgehead atoms. The second kappa shape index (κ2) is 6.97. The molecule has 5 rings (SSSR count). The van der Waals surface area contributed by atoms with Crippen LogP contribution in [0.4, 0.5) is 16.3 Å². The van der Waals surface area contributed by atoms with E-state index in [1.807, 2.05) is 12.1 Å². The number of anilines is 2. The molecular weight excluding hydrogens is 372 g/mol. The zero-order valence-electron chi connectivity index (χ0n) is 15.5. The van der Waals surface area contributed by atoms with E-state index in [4.69, 9.17) is 9.47 Å². The number of hydrogen-bond donors (Lipinski definition) is 2. The highest BCUT2D eigenvalue weighted by molar-refractivity contribution is 5.99. The average Bonchev–Trinajstić information content (AvgIpc) is 3.37. The van der Waals surface area contributed by atoms with E-state index in [1.54, 1.807) is 24.4 Å². The lowest BCUT2D eigenvalue weighted by atomic mass is 10.1. The Kier molecular flexibility index (Phi) is 4.16. The zero-order chi connectivity index (χ0) is 19.8. The fraction of sp³-hybridized carbons (Fsp3) is 0.190. The van der Waals surface area contributed by atoms with Crippen LogP contribution in [0.25, 0.3) is 5.69 Å². The standard InChI is InChI=1S/C21H18N4O4/c26-20-19(24-21(27)23-15-5-7-17-18(11-15)29-12-28-17)22-8-9-25(20)16-6-4-13-2-1-3-14(13)10-16/h4-11H,1-3,12H2,(H2,22,23,24,27). The van der Waals surface area contributed by atoms with Gasteiger partial charge in [0.05, 0.1) is 0 Å². The Hall–Kier alpha value is -3.81. The number of rotatable bonds is 3. The first-order valence-corrected chi connectivity index (χ1v) is 9.35. The number of fused-ring (bicyclic) bond motifs is 2. The molecular formula is C21H18N4O4. The summed E-state index contributed by atoms with van der Waals surface area (Å²) in [6.07, 6.45) is 6.32. The topological polar surface area (TPSA) is 94.5 Å². The third kappa shape index (κ3) is 3.29. The number of amides is 2. The predicted molar refractivity (Wildman–Crippen MR) is 107 cm³/mol. The smallest absolute Gasteiger partial charge is 0.325 e. The SMILES string of the molecule is O=C(Nc1ccc2c(c1)OCO2)Nc1nccn(-c2ccc3c(c2)CCC3)c1=O. The Morgan fingerprint density at radius 1 is 1.00 bits per heavy atom. The molecule has 2 amide bonds. The summed E-state index contributed by atoms with van der Waals surface area (Å²) in [5, 5.41) is 5.19. The lowest BCUT2D eigenvalue weighted by molar-refractivity contribution is 0.174. The molecule has 0 saturated carbocycles. The van der Waals surface area contributed by atoms with Gasteiger partial charge in [-0.2, -0.15) is 0 Å². The van der Waals surface area contributed by atoms with E-state index in [9.17, 15) is 9.59 Å². The summed E-state index contributed by atoms with van der Waals surface area (Å²) >= 11 is 0. The third-order valence-electron chi connectivity index (χ3n) is 5.06. The summed E-state index contributed by atoms with van der Waals surface area (Å²) in [6, 6.07) is 10.5. The minimum Gasteiger partial charge on any atom is -0.454 e. The molecule has 1 aliphatic heterocycles. The number of nitrogens with zero attached hydrogens (tertiary/aromatic N) is 2. The van der Waals surface area contributed by atoms with Crippen LogP contribution in [0.5, 0.6) is 11.5 Å². The minimum absolute atomic E-state index is 0.0498. The quantitative estimate of drug-likeness (QED) is 0.717. The monoisotopic (exact) mass is 390 g/mol. The van der Waals surface area contributed by atoms with Gasteiger partial charge in [-0.3, -0.25) is 14.7 Å². The molecule has 2 heterocycles. The summed E-state index contributed by atoms with van der Waals surface area (Å²) in [5.74, 6) is 1.13. The lowest BCUT2D eigenvalue weighted by Gasteiger charge is -2.11. The van der Waals surface area contributed by atoms with E-state index < -0.39 is 11.6 Å². The number of aryl methyl sites for hydroxylation is 2. The predicted octanol–water partition coefficient (Wildman–Crippen LogP) is 3.09. The summed E-state index contributed by atoms with van der Waals surface area (Å²) < 4.78 is 12.0.